The van der Waals surface area contributed by atoms with E-state index in [1.54, 1.807) is 0 Å². The number of aromatic nitrogens is 2. The van der Waals surface area contributed by atoms with Crippen LogP contribution in [-0.4, -0.2) is 34.2 Å². The molecule has 1 fully saturated rings. The molecule has 1 aliphatic rings. The smallest absolute Gasteiger partial charge is 0.362 e. The first kappa shape index (κ1) is 10.4. The predicted octanol–water partition coefficient (Wildman–Crippen LogP) is 0.951. The van der Waals surface area contributed by atoms with Crippen LogP contribution in [-0.2, 0) is 0 Å². The maximum absolute atomic E-state index is 10.9. The zero-order valence-corrected chi connectivity index (χ0v) is 9.19. The highest BCUT2D eigenvalue weighted by molar-refractivity contribution is 4.94. The number of piperidine rings is 1. The van der Waals surface area contributed by atoms with E-state index in [0.717, 1.165) is 25.9 Å². The van der Waals surface area contributed by atoms with Crippen molar-refractivity contribution in [2.75, 3.05) is 13.1 Å². The van der Waals surface area contributed by atoms with E-state index < -0.39 is 0 Å². The average Bonchev–Trinajstić information content (AvgIpc) is 2.65. The Labute approximate surface area is 88.5 Å². The molecule has 0 aromatic carbocycles. The SMILES string of the molecule is CC(C)N1CCCC(c2nc(=O)[nH]o2)C1. The number of hydrogen-bond donors (Lipinski definition) is 1. The molecular formula is C10H17N3O2. The highest BCUT2D eigenvalue weighted by Crippen LogP contribution is 2.25. The molecule has 0 amide bonds. The molecule has 0 spiro atoms. The van der Waals surface area contributed by atoms with Gasteiger partial charge in [-0.05, 0) is 33.2 Å². The van der Waals surface area contributed by atoms with Gasteiger partial charge in [-0.2, -0.15) is 10.1 Å². The third-order valence-corrected chi connectivity index (χ3v) is 2.99. The highest BCUT2D eigenvalue weighted by Gasteiger charge is 2.26. The minimum absolute atomic E-state index is 0.264. The Morgan fingerprint density at radius 1 is 1.60 bits per heavy atom. The zero-order chi connectivity index (χ0) is 10.8. The van der Waals surface area contributed by atoms with Crippen LogP contribution in [0.15, 0.2) is 9.32 Å². The van der Waals surface area contributed by atoms with Gasteiger partial charge in [-0.1, -0.05) is 0 Å². The molecule has 1 atom stereocenters. The van der Waals surface area contributed by atoms with Crippen molar-refractivity contribution in [1.82, 2.24) is 15.0 Å². The van der Waals surface area contributed by atoms with Crippen molar-refractivity contribution >= 4 is 0 Å². The molecule has 1 aromatic heterocycles. The number of H-pyrrole nitrogens is 1. The summed E-state index contributed by atoms with van der Waals surface area (Å²) in [6.07, 6.45) is 2.19. The first-order chi connectivity index (χ1) is 7.16. The first-order valence-electron chi connectivity index (χ1n) is 5.46. The van der Waals surface area contributed by atoms with Gasteiger partial charge in [0.15, 0.2) is 0 Å². The quantitative estimate of drug-likeness (QED) is 0.791. The lowest BCUT2D eigenvalue weighted by molar-refractivity contribution is 0.153. The van der Waals surface area contributed by atoms with Crippen LogP contribution in [0.25, 0.3) is 0 Å². The van der Waals surface area contributed by atoms with Crippen LogP contribution in [0, 0.1) is 0 Å². The second-order valence-corrected chi connectivity index (χ2v) is 4.39. The second-order valence-electron chi connectivity index (χ2n) is 4.39. The Hall–Kier alpha value is -1.10. The Morgan fingerprint density at radius 2 is 2.40 bits per heavy atom. The summed E-state index contributed by atoms with van der Waals surface area (Å²) in [6, 6.07) is 0.540. The largest absolute Gasteiger partial charge is 0.377 e. The lowest BCUT2D eigenvalue weighted by atomic mass is 9.97. The van der Waals surface area contributed by atoms with Gasteiger partial charge >= 0.3 is 5.69 Å². The van der Waals surface area contributed by atoms with Gasteiger partial charge in [0.2, 0.25) is 5.89 Å². The molecule has 0 radical (unpaired) electrons. The first-order valence-corrected chi connectivity index (χ1v) is 5.46. The summed E-state index contributed by atoms with van der Waals surface area (Å²) in [5.41, 5.74) is -0.383. The van der Waals surface area contributed by atoms with Gasteiger partial charge in [-0.3, -0.25) is 0 Å². The minimum Gasteiger partial charge on any atom is -0.362 e. The third-order valence-electron chi connectivity index (χ3n) is 2.99. The average molecular weight is 211 g/mol. The molecule has 0 bridgehead atoms. The molecule has 0 saturated carbocycles. The molecule has 1 N–H and O–H groups in total. The standard InChI is InChI=1S/C10H17N3O2/c1-7(2)13-5-3-4-8(6-13)9-11-10(14)12-15-9/h7-8H,3-6H2,1-2H3,(H,12,14). The third kappa shape index (κ3) is 2.28. The molecule has 15 heavy (non-hydrogen) atoms. The van der Waals surface area contributed by atoms with Crippen molar-refractivity contribution in [2.45, 2.75) is 38.6 Å². The molecule has 2 rings (SSSR count). The van der Waals surface area contributed by atoms with Crippen LogP contribution in [0.2, 0.25) is 0 Å². The van der Waals surface area contributed by atoms with E-state index in [0.29, 0.717) is 11.9 Å². The van der Waals surface area contributed by atoms with Crippen LogP contribution >= 0.6 is 0 Å². The topological polar surface area (TPSA) is 62.1 Å². The molecule has 1 aliphatic heterocycles. The Kier molecular flexibility index (Phi) is 2.90. The second kappa shape index (κ2) is 4.18. The number of likely N-dealkylation sites (tertiary alicyclic amines) is 1. The fourth-order valence-corrected chi connectivity index (χ4v) is 2.09. The molecule has 1 unspecified atom stereocenters. The van der Waals surface area contributed by atoms with E-state index >= 15 is 0 Å². The zero-order valence-electron chi connectivity index (χ0n) is 9.19. The van der Waals surface area contributed by atoms with Crippen molar-refractivity contribution < 1.29 is 4.52 Å². The van der Waals surface area contributed by atoms with Gasteiger partial charge in [0.05, 0.1) is 5.92 Å². The number of nitrogens with one attached hydrogen (secondary N) is 1. The minimum atomic E-state index is -0.383. The summed E-state index contributed by atoms with van der Waals surface area (Å²) in [7, 11) is 0. The van der Waals surface area contributed by atoms with Crippen molar-refractivity contribution in [1.29, 1.82) is 0 Å². The Morgan fingerprint density at radius 3 is 3.00 bits per heavy atom. The van der Waals surface area contributed by atoms with Crippen LogP contribution < -0.4 is 5.69 Å². The predicted molar refractivity (Wildman–Crippen MR) is 55.8 cm³/mol. The molecule has 1 aromatic rings. The van der Waals surface area contributed by atoms with E-state index in [-0.39, 0.29) is 11.6 Å². The normalized spacial score (nSPS) is 23.5. The monoisotopic (exact) mass is 211 g/mol. The van der Waals surface area contributed by atoms with E-state index in [4.69, 9.17) is 4.52 Å². The summed E-state index contributed by atoms with van der Waals surface area (Å²) >= 11 is 0. The van der Waals surface area contributed by atoms with E-state index in [1.807, 2.05) is 0 Å². The van der Waals surface area contributed by atoms with Crippen LogP contribution in [0.1, 0.15) is 38.5 Å². The molecule has 1 saturated heterocycles. The number of nitrogens with zero attached hydrogens (tertiary/aromatic N) is 2. The van der Waals surface area contributed by atoms with E-state index in [9.17, 15) is 4.79 Å². The van der Waals surface area contributed by atoms with Crippen molar-refractivity contribution in [3.63, 3.8) is 0 Å². The fourth-order valence-electron chi connectivity index (χ4n) is 2.09. The Balaban J connectivity index is 2.07. The maximum atomic E-state index is 10.9. The lowest BCUT2D eigenvalue weighted by Crippen LogP contribution is -2.39. The molecule has 5 nitrogen and oxygen atoms in total. The van der Waals surface area contributed by atoms with Gasteiger partial charge in [-0.15, -0.1) is 0 Å². The van der Waals surface area contributed by atoms with Gasteiger partial charge in [-0.25, -0.2) is 4.79 Å². The molecular weight excluding hydrogens is 194 g/mol. The summed E-state index contributed by atoms with van der Waals surface area (Å²) in [6.45, 7) is 6.43. The van der Waals surface area contributed by atoms with Crippen molar-refractivity contribution in [3.8, 4) is 0 Å². The summed E-state index contributed by atoms with van der Waals surface area (Å²) in [5, 5.41) is 2.25. The molecule has 84 valence electrons. The van der Waals surface area contributed by atoms with Gasteiger partial charge in [0.25, 0.3) is 0 Å². The molecule has 0 aliphatic carbocycles. The number of hydrogen-bond acceptors (Lipinski definition) is 4. The summed E-state index contributed by atoms with van der Waals surface area (Å²) < 4.78 is 5.06. The number of aromatic amines is 1. The summed E-state index contributed by atoms with van der Waals surface area (Å²) in [4.78, 5) is 17.1. The van der Waals surface area contributed by atoms with Crippen molar-refractivity contribution in [3.05, 3.63) is 16.4 Å². The van der Waals surface area contributed by atoms with Crippen LogP contribution in [0.4, 0.5) is 0 Å². The lowest BCUT2D eigenvalue weighted by Gasteiger charge is -2.33. The van der Waals surface area contributed by atoms with E-state index in [1.165, 1.54) is 0 Å². The van der Waals surface area contributed by atoms with E-state index in [2.05, 4.69) is 28.9 Å². The number of rotatable bonds is 2. The van der Waals surface area contributed by atoms with Gasteiger partial charge < -0.3 is 9.42 Å². The Bertz CT molecular complexity index is 369. The summed E-state index contributed by atoms with van der Waals surface area (Å²) in [5.74, 6) is 0.824. The fraction of sp³-hybridized carbons (Fsp3) is 0.800. The highest BCUT2D eigenvalue weighted by atomic mass is 16.5. The van der Waals surface area contributed by atoms with Gasteiger partial charge in [0, 0.05) is 12.6 Å². The van der Waals surface area contributed by atoms with Gasteiger partial charge in [0.1, 0.15) is 0 Å². The molecule has 2 heterocycles. The van der Waals surface area contributed by atoms with Crippen molar-refractivity contribution in [2.24, 2.45) is 0 Å². The molecule has 5 heteroatoms. The van der Waals surface area contributed by atoms with Crippen LogP contribution in [0.3, 0.4) is 0 Å². The maximum Gasteiger partial charge on any atom is 0.377 e. The van der Waals surface area contributed by atoms with Crippen LogP contribution in [0.5, 0.6) is 0 Å².